The number of nitrogens with zero attached hydrogens (tertiary/aromatic N) is 3. The van der Waals surface area contributed by atoms with E-state index in [1.54, 1.807) is 7.11 Å². The molecule has 0 N–H and O–H groups in total. The molecule has 1 fully saturated rings. The van der Waals surface area contributed by atoms with E-state index >= 15 is 0 Å². The van der Waals surface area contributed by atoms with E-state index in [0.717, 1.165) is 38.5 Å². The van der Waals surface area contributed by atoms with E-state index in [1.807, 2.05) is 18.5 Å². The zero-order valence-corrected chi connectivity index (χ0v) is 14.0. The lowest BCUT2D eigenvalue weighted by atomic mass is 10.1. The summed E-state index contributed by atoms with van der Waals surface area (Å²) in [6.07, 6.45) is 3.74. The number of ether oxygens (including phenoxy) is 1. The Morgan fingerprint density at radius 3 is 2.52 bits per heavy atom. The molecule has 0 saturated carbocycles. The summed E-state index contributed by atoms with van der Waals surface area (Å²) < 4.78 is 5.34. The normalized spacial score (nSPS) is 17.8. The van der Waals surface area contributed by atoms with E-state index in [-0.39, 0.29) is 0 Å². The predicted octanol–water partition coefficient (Wildman–Crippen LogP) is 2.97. The molecule has 122 valence electrons. The molecular weight excluding hydrogens is 286 g/mol. The topological polar surface area (TPSA) is 28.6 Å². The van der Waals surface area contributed by atoms with Crippen LogP contribution >= 0.6 is 0 Å². The number of benzene rings is 1. The molecule has 1 aliphatic heterocycles. The number of rotatable bonds is 5. The summed E-state index contributed by atoms with van der Waals surface area (Å²) in [4.78, 5) is 9.16. The molecule has 0 bridgehead atoms. The molecular formula is C19H25N3O. The smallest absolute Gasteiger partial charge is 0.119 e. The first kappa shape index (κ1) is 16.0. The van der Waals surface area contributed by atoms with Gasteiger partial charge < -0.3 is 4.74 Å². The summed E-state index contributed by atoms with van der Waals surface area (Å²) in [5, 5.41) is 0. The third-order valence-electron chi connectivity index (χ3n) is 4.69. The maximum Gasteiger partial charge on any atom is 0.119 e. The van der Waals surface area contributed by atoms with Gasteiger partial charge in [0, 0.05) is 51.2 Å². The molecule has 1 unspecified atom stereocenters. The number of pyridine rings is 1. The number of hydrogen-bond donors (Lipinski definition) is 0. The summed E-state index contributed by atoms with van der Waals surface area (Å²) in [6, 6.07) is 13.0. The van der Waals surface area contributed by atoms with Gasteiger partial charge in [0.25, 0.3) is 0 Å². The Morgan fingerprint density at radius 2 is 1.83 bits per heavy atom. The summed E-state index contributed by atoms with van der Waals surface area (Å²) in [6.45, 7) is 7.72. The minimum Gasteiger partial charge on any atom is -0.497 e. The van der Waals surface area contributed by atoms with Crippen LogP contribution in [0.25, 0.3) is 0 Å². The fraction of sp³-hybridized carbons (Fsp3) is 0.421. The van der Waals surface area contributed by atoms with Crippen molar-refractivity contribution in [3.05, 3.63) is 59.9 Å². The lowest BCUT2D eigenvalue weighted by molar-refractivity contribution is 0.0977. The van der Waals surface area contributed by atoms with Crippen LogP contribution in [-0.2, 0) is 6.54 Å². The summed E-state index contributed by atoms with van der Waals surface area (Å²) >= 11 is 0. The Morgan fingerprint density at radius 1 is 1.09 bits per heavy atom. The zero-order valence-electron chi connectivity index (χ0n) is 14.0. The molecule has 1 saturated heterocycles. The minimum absolute atomic E-state index is 0.424. The molecule has 3 rings (SSSR count). The van der Waals surface area contributed by atoms with Crippen LogP contribution in [0.2, 0.25) is 0 Å². The number of methoxy groups -OCH3 is 1. The highest BCUT2D eigenvalue weighted by Crippen LogP contribution is 2.25. The van der Waals surface area contributed by atoms with Crippen LogP contribution in [0.15, 0.2) is 48.8 Å². The first-order chi connectivity index (χ1) is 11.3. The lowest BCUT2D eigenvalue weighted by Crippen LogP contribution is -2.46. The SMILES string of the molecule is COc1cccc(C(C)N2CCN(Cc3ccncc3)CC2)c1. The van der Waals surface area contributed by atoms with Crippen molar-refractivity contribution in [2.24, 2.45) is 0 Å². The highest BCUT2D eigenvalue weighted by molar-refractivity contribution is 5.30. The van der Waals surface area contributed by atoms with Gasteiger partial charge in [0.1, 0.15) is 5.75 Å². The van der Waals surface area contributed by atoms with Crippen molar-refractivity contribution in [1.29, 1.82) is 0 Å². The van der Waals surface area contributed by atoms with Crippen molar-refractivity contribution < 1.29 is 4.74 Å². The average Bonchev–Trinajstić information content (AvgIpc) is 2.63. The number of piperazine rings is 1. The van der Waals surface area contributed by atoms with E-state index in [4.69, 9.17) is 4.74 Å². The van der Waals surface area contributed by atoms with Crippen LogP contribution in [0.5, 0.6) is 5.75 Å². The molecule has 0 amide bonds. The molecule has 0 radical (unpaired) electrons. The highest BCUT2D eigenvalue weighted by atomic mass is 16.5. The Labute approximate surface area is 138 Å². The van der Waals surface area contributed by atoms with Crippen molar-refractivity contribution >= 4 is 0 Å². The lowest BCUT2D eigenvalue weighted by Gasteiger charge is -2.38. The molecule has 4 nitrogen and oxygen atoms in total. The van der Waals surface area contributed by atoms with Gasteiger partial charge >= 0.3 is 0 Å². The molecule has 23 heavy (non-hydrogen) atoms. The van der Waals surface area contributed by atoms with Gasteiger partial charge in [-0.15, -0.1) is 0 Å². The summed E-state index contributed by atoms with van der Waals surface area (Å²) in [7, 11) is 1.72. The van der Waals surface area contributed by atoms with E-state index < -0.39 is 0 Å². The number of hydrogen-bond acceptors (Lipinski definition) is 4. The molecule has 1 aromatic heterocycles. The van der Waals surface area contributed by atoms with Gasteiger partial charge in [-0.3, -0.25) is 14.8 Å². The third-order valence-corrected chi connectivity index (χ3v) is 4.69. The molecule has 4 heteroatoms. The van der Waals surface area contributed by atoms with Crippen molar-refractivity contribution in [2.75, 3.05) is 33.3 Å². The van der Waals surface area contributed by atoms with Gasteiger partial charge in [-0.25, -0.2) is 0 Å². The van der Waals surface area contributed by atoms with E-state index in [1.165, 1.54) is 11.1 Å². The molecule has 0 spiro atoms. The fourth-order valence-electron chi connectivity index (χ4n) is 3.17. The Hall–Kier alpha value is -1.91. The van der Waals surface area contributed by atoms with E-state index in [9.17, 15) is 0 Å². The molecule has 1 aliphatic rings. The Bertz CT molecular complexity index is 609. The van der Waals surface area contributed by atoms with Gasteiger partial charge in [0.2, 0.25) is 0 Å². The second-order valence-corrected chi connectivity index (χ2v) is 6.12. The summed E-state index contributed by atoms with van der Waals surface area (Å²) in [5.41, 5.74) is 2.67. The van der Waals surface area contributed by atoms with Crippen LogP contribution in [0, 0.1) is 0 Å². The van der Waals surface area contributed by atoms with Gasteiger partial charge in [0.15, 0.2) is 0 Å². The van der Waals surface area contributed by atoms with Gasteiger partial charge in [-0.1, -0.05) is 12.1 Å². The van der Waals surface area contributed by atoms with Gasteiger partial charge in [-0.05, 0) is 42.3 Å². The molecule has 1 aromatic carbocycles. The minimum atomic E-state index is 0.424. The second kappa shape index (κ2) is 7.57. The first-order valence-corrected chi connectivity index (χ1v) is 8.25. The van der Waals surface area contributed by atoms with Crippen molar-refractivity contribution in [1.82, 2.24) is 14.8 Å². The van der Waals surface area contributed by atoms with Gasteiger partial charge in [-0.2, -0.15) is 0 Å². The van der Waals surface area contributed by atoms with Crippen molar-refractivity contribution in [3.8, 4) is 5.75 Å². The fourth-order valence-corrected chi connectivity index (χ4v) is 3.17. The monoisotopic (exact) mass is 311 g/mol. The Balaban J connectivity index is 1.55. The zero-order chi connectivity index (χ0) is 16.1. The second-order valence-electron chi connectivity index (χ2n) is 6.12. The van der Waals surface area contributed by atoms with Crippen LogP contribution in [0.1, 0.15) is 24.1 Å². The maximum atomic E-state index is 5.34. The average molecular weight is 311 g/mol. The van der Waals surface area contributed by atoms with Crippen molar-refractivity contribution in [3.63, 3.8) is 0 Å². The first-order valence-electron chi connectivity index (χ1n) is 8.25. The van der Waals surface area contributed by atoms with Gasteiger partial charge in [0.05, 0.1) is 7.11 Å². The number of aromatic nitrogens is 1. The molecule has 2 heterocycles. The largest absolute Gasteiger partial charge is 0.497 e. The third kappa shape index (κ3) is 4.09. The molecule has 2 aromatic rings. The van der Waals surface area contributed by atoms with Crippen LogP contribution < -0.4 is 4.74 Å². The maximum absolute atomic E-state index is 5.34. The van der Waals surface area contributed by atoms with Crippen LogP contribution in [0.3, 0.4) is 0 Å². The predicted molar refractivity (Wildman–Crippen MR) is 92.5 cm³/mol. The quantitative estimate of drug-likeness (QED) is 0.849. The highest BCUT2D eigenvalue weighted by Gasteiger charge is 2.22. The molecule has 0 aliphatic carbocycles. The van der Waals surface area contributed by atoms with Crippen LogP contribution in [0.4, 0.5) is 0 Å². The molecule has 1 atom stereocenters. The standard InChI is InChI=1S/C19H25N3O/c1-16(18-4-3-5-19(14-18)23-2)22-12-10-21(11-13-22)15-17-6-8-20-9-7-17/h3-9,14,16H,10-13,15H2,1-2H3. The van der Waals surface area contributed by atoms with E-state index in [2.05, 4.69) is 52.0 Å². The Kier molecular flexibility index (Phi) is 5.26. The van der Waals surface area contributed by atoms with Crippen molar-refractivity contribution in [2.45, 2.75) is 19.5 Å². The summed E-state index contributed by atoms with van der Waals surface area (Å²) in [5.74, 6) is 0.936. The van der Waals surface area contributed by atoms with Crippen LogP contribution in [-0.4, -0.2) is 48.1 Å². The van der Waals surface area contributed by atoms with E-state index in [0.29, 0.717) is 6.04 Å².